The Morgan fingerprint density at radius 1 is 0.434 bits per heavy atom. The molecule has 83 heavy (non-hydrogen) atoms. The number of amides is 1. The highest BCUT2D eigenvalue weighted by molar-refractivity contribution is 5.76. The van der Waals surface area contributed by atoms with E-state index < -0.39 is 49.5 Å². The van der Waals surface area contributed by atoms with E-state index in [-0.39, 0.29) is 18.5 Å². The van der Waals surface area contributed by atoms with Gasteiger partial charge in [-0.25, -0.2) is 0 Å². The topological polar surface area (TPSA) is 175 Å². The first-order valence-corrected chi connectivity index (χ1v) is 35.8. The first kappa shape index (κ1) is 78.9. The molecule has 11 nitrogen and oxygen atoms in total. The Kier molecular flexibility index (Phi) is 58.5. The molecule has 0 aromatic carbocycles. The van der Waals surface area contributed by atoms with Gasteiger partial charge in [0.15, 0.2) is 6.29 Å². The van der Waals surface area contributed by atoms with Gasteiger partial charge in [-0.05, 0) is 70.6 Å². The monoisotopic (exact) mass is 1170 g/mol. The van der Waals surface area contributed by atoms with E-state index in [0.717, 1.165) is 51.4 Å². The molecule has 1 fully saturated rings. The van der Waals surface area contributed by atoms with E-state index in [9.17, 15) is 35.1 Å². The van der Waals surface area contributed by atoms with Gasteiger partial charge in [-0.3, -0.25) is 9.59 Å². The first-order chi connectivity index (χ1) is 40.7. The summed E-state index contributed by atoms with van der Waals surface area (Å²) in [5.74, 6) is -0.179. The molecule has 6 N–H and O–H groups in total. The van der Waals surface area contributed by atoms with E-state index in [1.807, 2.05) is 6.08 Å². The Hall–Kier alpha value is -2.12. The number of rotatable bonds is 63. The van der Waals surface area contributed by atoms with Gasteiger partial charge < -0.3 is 45.1 Å². The molecule has 1 saturated heterocycles. The zero-order valence-corrected chi connectivity index (χ0v) is 54.2. The van der Waals surface area contributed by atoms with Crippen LogP contribution in [0.4, 0.5) is 0 Å². The minimum atomic E-state index is -1.58. The molecule has 1 aliphatic heterocycles. The van der Waals surface area contributed by atoms with E-state index in [1.165, 1.54) is 270 Å². The van der Waals surface area contributed by atoms with Gasteiger partial charge in [-0.1, -0.05) is 301 Å². The molecule has 0 aliphatic carbocycles. The quantitative estimate of drug-likeness (QED) is 0.0195. The molecular formula is C72H135NO10. The number of esters is 1. The number of carbonyl (C=O) groups is 2. The number of unbranched alkanes of at least 4 members (excludes halogenated alkanes) is 45. The van der Waals surface area contributed by atoms with Crippen molar-refractivity contribution in [3.05, 3.63) is 36.5 Å². The van der Waals surface area contributed by atoms with Crippen LogP contribution in [0.15, 0.2) is 36.5 Å². The molecule has 1 heterocycles. The van der Waals surface area contributed by atoms with Crippen LogP contribution in [-0.4, -0.2) is 100 Å². The fraction of sp³-hybridized carbons (Fsp3) is 0.889. The van der Waals surface area contributed by atoms with Gasteiger partial charge in [0.25, 0.3) is 0 Å². The summed E-state index contributed by atoms with van der Waals surface area (Å²) in [5.41, 5.74) is 0. The van der Waals surface area contributed by atoms with Crippen LogP contribution < -0.4 is 5.32 Å². The van der Waals surface area contributed by atoms with Gasteiger partial charge in [-0.2, -0.15) is 0 Å². The van der Waals surface area contributed by atoms with Crippen LogP contribution in [0.2, 0.25) is 0 Å². The maximum atomic E-state index is 13.1. The summed E-state index contributed by atoms with van der Waals surface area (Å²) in [6.07, 6.45) is 68.5. The van der Waals surface area contributed by atoms with E-state index in [2.05, 4.69) is 43.5 Å². The van der Waals surface area contributed by atoms with Crippen LogP contribution in [0.1, 0.15) is 348 Å². The van der Waals surface area contributed by atoms with Crippen LogP contribution in [0, 0.1) is 0 Å². The van der Waals surface area contributed by atoms with Crippen LogP contribution in [0.3, 0.4) is 0 Å². The number of aliphatic hydroxyl groups is 5. The number of hydrogen-bond donors (Lipinski definition) is 6. The predicted octanol–water partition coefficient (Wildman–Crippen LogP) is 18.2. The summed E-state index contributed by atoms with van der Waals surface area (Å²) in [6, 6.07) is -0.826. The van der Waals surface area contributed by atoms with Crippen molar-refractivity contribution in [2.75, 3.05) is 19.8 Å². The van der Waals surface area contributed by atoms with E-state index in [1.54, 1.807) is 6.08 Å². The third-order valence-corrected chi connectivity index (χ3v) is 17.0. The van der Waals surface area contributed by atoms with Crippen molar-refractivity contribution in [2.24, 2.45) is 0 Å². The molecule has 11 heteroatoms. The van der Waals surface area contributed by atoms with Gasteiger partial charge in [0.05, 0.1) is 32.0 Å². The zero-order chi connectivity index (χ0) is 60.2. The minimum absolute atomic E-state index is 0.00948. The molecule has 7 unspecified atom stereocenters. The number of ether oxygens (including phenoxy) is 3. The van der Waals surface area contributed by atoms with Crippen LogP contribution in [0.25, 0.3) is 0 Å². The van der Waals surface area contributed by atoms with Crippen LogP contribution in [-0.2, 0) is 23.8 Å². The lowest BCUT2D eigenvalue weighted by molar-refractivity contribution is -0.302. The number of nitrogens with one attached hydrogen (secondary N) is 1. The molecule has 0 radical (unpaired) electrons. The zero-order valence-electron chi connectivity index (χ0n) is 54.2. The highest BCUT2D eigenvalue weighted by Crippen LogP contribution is 2.23. The van der Waals surface area contributed by atoms with E-state index in [4.69, 9.17) is 14.2 Å². The summed E-state index contributed by atoms with van der Waals surface area (Å²) in [7, 11) is 0. The Morgan fingerprint density at radius 3 is 1.19 bits per heavy atom. The predicted molar refractivity (Wildman–Crippen MR) is 347 cm³/mol. The summed E-state index contributed by atoms with van der Waals surface area (Å²) < 4.78 is 16.7. The van der Waals surface area contributed by atoms with Crippen molar-refractivity contribution in [2.45, 2.75) is 391 Å². The summed E-state index contributed by atoms with van der Waals surface area (Å²) in [6.45, 7) is 4.35. The summed E-state index contributed by atoms with van der Waals surface area (Å²) in [4.78, 5) is 25.1. The molecule has 1 amide bonds. The van der Waals surface area contributed by atoms with Crippen molar-refractivity contribution in [1.82, 2.24) is 5.32 Å². The number of allylic oxidation sites excluding steroid dienone is 5. The maximum absolute atomic E-state index is 13.1. The Morgan fingerprint density at radius 2 is 0.783 bits per heavy atom. The molecule has 0 saturated carbocycles. The van der Waals surface area contributed by atoms with Gasteiger partial charge in [0.1, 0.15) is 24.4 Å². The second-order valence-electron chi connectivity index (χ2n) is 24.9. The molecule has 488 valence electrons. The second-order valence-corrected chi connectivity index (χ2v) is 24.9. The molecule has 0 bridgehead atoms. The van der Waals surface area contributed by atoms with E-state index >= 15 is 0 Å². The second kappa shape index (κ2) is 61.5. The van der Waals surface area contributed by atoms with E-state index in [0.29, 0.717) is 19.4 Å². The Bertz CT molecular complexity index is 1470. The Balaban J connectivity index is 1.97. The largest absolute Gasteiger partial charge is 0.466 e. The highest BCUT2D eigenvalue weighted by atomic mass is 16.7. The normalized spacial score (nSPS) is 18.3. The summed E-state index contributed by atoms with van der Waals surface area (Å²) >= 11 is 0. The van der Waals surface area contributed by atoms with Gasteiger partial charge >= 0.3 is 5.97 Å². The molecular weight excluding hydrogens is 1040 g/mol. The molecule has 7 atom stereocenters. The van der Waals surface area contributed by atoms with Crippen molar-refractivity contribution in [1.29, 1.82) is 0 Å². The SMILES string of the molecule is CCCCCCCCC/C=C/CC/C=C/C(O)C(COC1OC(CO)C(O)C(O)C1O)NC(=O)CCCCCCCCCCCCCCCCC/C=C\CCCCCCCCCCCCCCOC(=O)CCCCCCCCCCCCC. The fourth-order valence-corrected chi connectivity index (χ4v) is 11.3. The Labute approximate surface area is 511 Å². The lowest BCUT2D eigenvalue weighted by Crippen LogP contribution is -2.60. The minimum Gasteiger partial charge on any atom is -0.466 e. The third kappa shape index (κ3) is 50.6. The molecule has 0 aromatic heterocycles. The molecule has 1 rings (SSSR count). The van der Waals surface area contributed by atoms with Crippen molar-refractivity contribution >= 4 is 11.9 Å². The van der Waals surface area contributed by atoms with Crippen LogP contribution >= 0.6 is 0 Å². The maximum Gasteiger partial charge on any atom is 0.305 e. The smallest absolute Gasteiger partial charge is 0.305 e. The number of carbonyl (C=O) groups excluding carboxylic acids is 2. The molecule has 1 aliphatic rings. The van der Waals surface area contributed by atoms with Crippen LogP contribution in [0.5, 0.6) is 0 Å². The highest BCUT2D eigenvalue weighted by Gasteiger charge is 2.44. The lowest BCUT2D eigenvalue weighted by atomic mass is 9.99. The standard InChI is InChI=1S/C72H135NO10/c1-3-5-7-9-11-13-15-35-39-42-46-50-54-58-65(75)64(63-82-72-71(80)70(79)69(78)66(62-74)83-72)73-67(76)59-55-51-47-43-40-36-33-31-29-27-25-23-21-19-17-16-18-20-22-24-26-28-30-32-34-37-41-45-49-53-57-61-81-68(77)60-56-52-48-44-38-14-12-10-8-6-4-2/h18,20,39,42,54,58,64-66,69-72,74-75,78-80H,3-17,19,21-38,40-41,43-53,55-57,59-63H2,1-2H3,(H,73,76)/b20-18-,42-39+,58-54+. The number of aliphatic hydroxyl groups excluding tert-OH is 5. The first-order valence-electron chi connectivity index (χ1n) is 35.8. The summed E-state index contributed by atoms with van der Waals surface area (Å²) in [5, 5.41) is 54.5. The third-order valence-electron chi connectivity index (χ3n) is 17.0. The fourth-order valence-electron chi connectivity index (χ4n) is 11.3. The number of hydrogen-bond acceptors (Lipinski definition) is 10. The van der Waals surface area contributed by atoms with Crippen molar-refractivity contribution in [3.63, 3.8) is 0 Å². The van der Waals surface area contributed by atoms with Gasteiger partial charge in [0, 0.05) is 12.8 Å². The van der Waals surface area contributed by atoms with Crippen molar-refractivity contribution in [3.8, 4) is 0 Å². The molecule has 0 spiro atoms. The lowest BCUT2D eigenvalue weighted by Gasteiger charge is -2.40. The van der Waals surface area contributed by atoms with Gasteiger partial charge in [0.2, 0.25) is 5.91 Å². The average molecular weight is 1170 g/mol. The van der Waals surface area contributed by atoms with Gasteiger partial charge in [-0.15, -0.1) is 0 Å². The average Bonchev–Trinajstić information content (AvgIpc) is 3.50. The van der Waals surface area contributed by atoms with Crippen molar-refractivity contribution < 1.29 is 49.3 Å². The molecule has 0 aromatic rings.